The van der Waals surface area contributed by atoms with E-state index >= 15 is 0 Å². The van der Waals surface area contributed by atoms with Crippen LogP contribution in [0.1, 0.15) is 39.8 Å². The minimum absolute atomic E-state index is 0.0698. The molecule has 9 N–H and O–H groups in total. The summed E-state index contributed by atoms with van der Waals surface area (Å²) in [5.74, 6) is -3.95. The average molecular weight is 543 g/mol. The van der Waals surface area contributed by atoms with Crippen LogP contribution in [0.3, 0.4) is 0 Å². The number of amides is 3. The Morgan fingerprint density at radius 3 is 2.32 bits per heavy atom. The van der Waals surface area contributed by atoms with E-state index in [1.54, 1.807) is 13.8 Å². The molecule has 0 bridgehead atoms. The quantitative estimate of drug-likeness (QED) is 0.124. The van der Waals surface area contributed by atoms with E-state index in [2.05, 4.69) is 31.2 Å². The summed E-state index contributed by atoms with van der Waals surface area (Å²) in [5, 5.41) is 51.3. The molecule has 1 saturated heterocycles. The van der Waals surface area contributed by atoms with Crippen molar-refractivity contribution in [2.75, 3.05) is 20.2 Å². The number of nitrogens with one attached hydrogen (secondary N) is 5. The highest BCUT2D eigenvalue weighted by Gasteiger charge is 2.48. The first-order valence-electron chi connectivity index (χ1n) is 12.7. The average Bonchev–Trinajstić information content (AvgIpc) is 3.36. The molecule has 1 aromatic rings. The third-order valence-corrected chi connectivity index (χ3v) is 6.41. The Morgan fingerprint density at radius 1 is 1.11 bits per heavy atom. The highest BCUT2D eigenvalue weighted by molar-refractivity contribution is 5.93. The number of aliphatic hydroxyl groups excluding tert-OH is 3. The number of carbonyl (C=O) groups excluding carboxylic acids is 3. The first-order valence-corrected chi connectivity index (χ1v) is 12.7. The van der Waals surface area contributed by atoms with Crippen LogP contribution in [0.15, 0.2) is 12.5 Å². The number of hydrogen-bond donors (Lipinski definition) is 9. The van der Waals surface area contributed by atoms with Gasteiger partial charge in [-0.05, 0) is 18.3 Å². The lowest BCUT2D eigenvalue weighted by atomic mass is 9.95. The van der Waals surface area contributed by atoms with Crippen LogP contribution >= 0.6 is 0 Å². The lowest BCUT2D eigenvalue weighted by Gasteiger charge is -2.42. The standard InChI is InChI=1S/C24H42N6O8/c1-12(2)6-15(21(34)25-5)29-22(35)16(7-14-8-26-11-28-14)30-23(36)18(13(3)4)27-10-24(37)20(33)19(32)17(31)9-38-24/h8,11-13,15-20,27,31-33,37H,6-7,9-10H2,1-5H3,(H,25,34)(H,26,28)(H,29,35)(H,30,36). The van der Waals surface area contributed by atoms with Gasteiger partial charge in [-0.25, -0.2) is 4.98 Å². The van der Waals surface area contributed by atoms with Gasteiger partial charge in [0.1, 0.15) is 30.4 Å². The zero-order valence-corrected chi connectivity index (χ0v) is 22.5. The van der Waals surface area contributed by atoms with Crippen LogP contribution in [-0.2, 0) is 25.5 Å². The Balaban J connectivity index is 2.17. The number of likely N-dealkylation sites (N-methyl/N-ethyl adjacent to an activating group) is 1. The normalized spacial score (nSPS) is 26.0. The monoisotopic (exact) mass is 542 g/mol. The van der Waals surface area contributed by atoms with E-state index in [0.717, 1.165) is 0 Å². The SMILES string of the molecule is CNC(=O)C(CC(C)C)NC(=O)C(Cc1cnc[nH]1)NC(=O)C(NCC1(O)OCC(O)C(O)C1O)C(C)C. The second-order valence-electron chi connectivity index (χ2n) is 10.4. The maximum absolute atomic E-state index is 13.3. The van der Waals surface area contributed by atoms with Crippen molar-refractivity contribution >= 4 is 17.7 Å². The van der Waals surface area contributed by atoms with Crippen molar-refractivity contribution in [3.05, 3.63) is 18.2 Å². The van der Waals surface area contributed by atoms with Crippen LogP contribution in [-0.4, -0.2) is 111 Å². The molecule has 0 saturated carbocycles. The first kappa shape index (κ1) is 31.6. The highest BCUT2D eigenvalue weighted by Crippen LogP contribution is 2.24. The van der Waals surface area contributed by atoms with Gasteiger partial charge in [-0.3, -0.25) is 14.4 Å². The molecule has 1 aromatic heterocycles. The first-order chi connectivity index (χ1) is 17.8. The summed E-state index contributed by atoms with van der Waals surface area (Å²) in [5.41, 5.74) is 0.584. The summed E-state index contributed by atoms with van der Waals surface area (Å²) in [6.07, 6.45) is -1.40. The number of aromatic nitrogens is 2. The minimum Gasteiger partial charge on any atom is -0.388 e. The van der Waals surface area contributed by atoms with Gasteiger partial charge in [-0.1, -0.05) is 27.7 Å². The highest BCUT2D eigenvalue weighted by atomic mass is 16.6. The van der Waals surface area contributed by atoms with E-state index in [1.807, 2.05) is 13.8 Å². The zero-order valence-electron chi connectivity index (χ0n) is 22.5. The molecule has 0 aliphatic carbocycles. The molecule has 38 heavy (non-hydrogen) atoms. The number of aliphatic hydroxyl groups is 4. The molecule has 216 valence electrons. The van der Waals surface area contributed by atoms with Crippen molar-refractivity contribution in [2.45, 2.75) is 82.8 Å². The summed E-state index contributed by atoms with van der Waals surface area (Å²) < 4.78 is 5.16. The molecule has 2 heterocycles. The van der Waals surface area contributed by atoms with Gasteiger partial charge in [-0.15, -0.1) is 0 Å². The summed E-state index contributed by atoms with van der Waals surface area (Å²) >= 11 is 0. The number of ether oxygens (including phenoxy) is 1. The second-order valence-corrected chi connectivity index (χ2v) is 10.4. The van der Waals surface area contributed by atoms with Gasteiger partial charge < -0.3 is 51.4 Å². The Labute approximate surface area is 221 Å². The molecule has 0 aromatic carbocycles. The van der Waals surface area contributed by atoms with Crippen LogP contribution in [0.2, 0.25) is 0 Å². The van der Waals surface area contributed by atoms with Gasteiger partial charge in [0, 0.05) is 25.4 Å². The predicted octanol–water partition coefficient (Wildman–Crippen LogP) is -2.87. The number of nitrogens with zero attached hydrogens (tertiary/aromatic N) is 1. The molecule has 7 atom stereocenters. The maximum Gasteiger partial charge on any atom is 0.243 e. The third-order valence-electron chi connectivity index (χ3n) is 6.41. The molecule has 0 radical (unpaired) electrons. The number of rotatable bonds is 13. The molecule has 0 spiro atoms. The van der Waals surface area contributed by atoms with E-state index in [9.17, 15) is 34.8 Å². The molecule has 14 heteroatoms. The number of aromatic amines is 1. The number of carbonyl (C=O) groups is 3. The van der Waals surface area contributed by atoms with Crippen LogP contribution in [0.5, 0.6) is 0 Å². The summed E-state index contributed by atoms with van der Waals surface area (Å²) in [7, 11) is 1.48. The lowest BCUT2D eigenvalue weighted by molar-refractivity contribution is -0.318. The molecular formula is C24H42N6O8. The maximum atomic E-state index is 13.3. The Morgan fingerprint density at radius 2 is 1.76 bits per heavy atom. The fourth-order valence-corrected chi connectivity index (χ4v) is 4.17. The fourth-order valence-electron chi connectivity index (χ4n) is 4.17. The Kier molecular flexibility index (Phi) is 11.6. The molecule has 1 fully saturated rings. The molecule has 1 aliphatic heterocycles. The van der Waals surface area contributed by atoms with E-state index in [1.165, 1.54) is 19.6 Å². The van der Waals surface area contributed by atoms with E-state index < -0.39 is 67.2 Å². The Bertz CT molecular complexity index is 914. The topological polar surface area (TPSA) is 218 Å². The summed E-state index contributed by atoms with van der Waals surface area (Å²) in [4.78, 5) is 45.8. The van der Waals surface area contributed by atoms with Crippen LogP contribution in [0, 0.1) is 11.8 Å². The van der Waals surface area contributed by atoms with E-state index in [-0.39, 0.29) is 24.2 Å². The number of hydrogen-bond acceptors (Lipinski definition) is 10. The minimum atomic E-state index is -2.25. The van der Waals surface area contributed by atoms with Crippen molar-refractivity contribution in [1.29, 1.82) is 0 Å². The smallest absolute Gasteiger partial charge is 0.243 e. The molecular weight excluding hydrogens is 500 g/mol. The third kappa shape index (κ3) is 8.44. The zero-order chi connectivity index (χ0) is 28.6. The van der Waals surface area contributed by atoms with Crippen molar-refractivity contribution in [3.63, 3.8) is 0 Å². The fraction of sp³-hybridized carbons (Fsp3) is 0.750. The van der Waals surface area contributed by atoms with Crippen molar-refractivity contribution in [3.8, 4) is 0 Å². The van der Waals surface area contributed by atoms with E-state index in [4.69, 9.17) is 4.74 Å². The summed E-state index contributed by atoms with van der Waals surface area (Å²) in [6.45, 7) is 6.47. The van der Waals surface area contributed by atoms with Gasteiger partial charge in [0.2, 0.25) is 23.5 Å². The van der Waals surface area contributed by atoms with Crippen molar-refractivity contribution in [1.82, 2.24) is 31.2 Å². The molecule has 2 rings (SSSR count). The number of H-pyrrole nitrogens is 1. The Hall–Kier alpha value is -2.62. The van der Waals surface area contributed by atoms with E-state index in [0.29, 0.717) is 12.1 Å². The van der Waals surface area contributed by atoms with Gasteiger partial charge in [-0.2, -0.15) is 0 Å². The van der Waals surface area contributed by atoms with Crippen LogP contribution in [0.4, 0.5) is 0 Å². The lowest BCUT2D eigenvalue weighted by Crippen LogP contribution is -2.66. The van der Waals surface area contributed by atoms with Gasteiger partial charge in [0.25, 0.3) is 0 Å². The molecule has 3 amide bonds. The van der Waals surface area contributed by atoms with Crippen LogP contribution < -0.4 is 21.3 Å². The molecule has 14 nitrogen and oxygen atoms in total. The molecule has 1 aliphatic rings. The van der Waals surface area contributed by atoms with Gasteiger partial charge >= 0.3 is 0 Å². The van der Waals surface area contributed by atoms with Crippen molar-refractivity contribution in [2.24, 2.45) is 11.8 Å². The predicted molar refractivity (Wildman–Crippen MR) is 135 cm³/mol. The van der Waals surface area contributed by atoms with Crippen LogP contribution in [0.25, 0.3) is 0 Å². The summed E-state index contributed by atoms with van der Waals surface area (Å²) in [6, 6.07) is -2.81. The second kappa shape index (κ2) is 14.0. The van der Waals surface area contributed by atoms with Gasteiger partial charge in [0.15, 0.2) is 0 Å². The molecule has 7 unspecified atom stereocenters. The van der Waals surface area contributed by atoms with Crippen molar-refractivity contribution < 1.29 is 39.5 Å². The number of imidazole rings is 1. The van der Waals surface area contributed by atoms with Gasteiger partial charge in [0.05, 0.1) is 25.5 Å². The largest absolute Gasteiger partial charge is 0.388 e.